The number of hydrogen-bond donors (Lipinski definition) is 1. The third-order valence-electron chi connectivity index (χ3n) is 3.37. The van der Waals surface area contributed by atoms with E-state index in [-0.39, 0.29) is 5.97 Å². The number of carbonyl (C=O) groups excluding carboxylic acids is 1. The van der Waals surface area contributed by atoms with Crippen molar-refractivity contribution in [2.45, 2.75) is 51.7 Å². The first-order chi connectivity index (χ1) is 8.85. The molecule has 1 aromatic rings. The van der Waals surface area contributed by atoms with Crippen molar-refractivity contribution >= 4 is 5.97 Å². The molecule has 104 valence electrons. The summed E-state index contributed by atoms with van der Waals surface area (Å²) >= 11 is 0. The number of esters is 1. The molecule has 3 nitrogen and oxygen atoms in total. The summed E-state index contributed by atoms with van der Waals surface area (Å²) in [5.74, 6) is 0.305. The molecule has 2 rings (SSSR count). The first-order valence-corrected chi connectivity index (χ1v) is 6.92. The van der Waals surface area contributed by atoms with E-state index in [0.717, 1.165) is 13.0 Å². The number of nitrogens with one attached hydrogen (secondary N) is 1. The second kappa shape index (κ2) is 5.33. The maximum Gasteiger partial charge on any atom is 0.338 e. The SMILES string of the molecule is C[C@H]1C[C@@H](c2ccc(C(=O)OC(C)(C)C)cc2)CN1. The third-order valence-corrected chi connectivity index (χ3v) is 3.37. The van der Waals surface area contributed by atoms with E-state index in [1.807, 2.05) is 45.0 Å². The first kappa shape index (κ1) is 14.1. The highest BCUT2D eigenvalue weighted by Crippen LogP contribution is 2.26. The molecule has 1 N–H and O–H groups in total. The van der Waals surface area contributed by atoms with Gasteiger partial charge in [-0.2, -0.15) is 0 Å². The molecule has 0 aromatic heterocycles. The maximum absolute atomic E-state index is 11.9. The van der Waals surface area contributed by atoms with Gasteiger partial charge in [0.2, 0.25) is 0 Å². The van der Waals surface area contributed by atoms with Gasteiger partial charge in [0.25, 0.3) is 0 Å². The van der Waals surface area contributed by atoms with Crippen molar-refractivity contribution in [1.82, 2.24) is 5.32 Å². The molecular formula is C16H23NO2. The lowest BCUT2D eigenvalue weighted by atomic mass is 9.96. The molecule has 0 unspecified atom stereocenters. The van der Waals surface area contributed by atoms with E-state index in [1.165, 1.54) is 5.56 Å². The Labute approximate surface area is 115 Å². The summed E-state index contributed by atoms with van der Waals surface area (Å²) in [5.41, 5.74) is 1.47. The van der Waals surface area contributed by atoms with Gasteiger partial charge in [-0.1, -0.05) is 12.1 Å². The van der Waals surface area contributed by atoms with Crippen LogP contribution in [0.5, 0.6) is 0 Å². The molecule has 0 radical (unpaired) electrons. The van der Waals surface area contributed by atoms with E-state index >= 15 is 0 Å². The molecule has 1 heterocycles. The minimum Gasteiger partial charge on any atom is -0.456 e. The zero-order valence-electron chi connectivity index (χ0n) is 12.2. The lowest BCUT2D eigenvalue weighted by Crippen LogP contribution is -2.23. The van der Waals surface area contributed by atoms with Gasteiger partial charge in [-0.3, -0.25) is 0 Å². The van der Waals surface area contributed by atoms with Gasteiger partial charge in [0.1, 0.15) is 5.60 Å². The zero-order valence-corrected chi connectivity index (χ0v) is 12.2. The Hall–Kier alpha value is -1.35. The van der Waals surface area contributed by atoms with Crippen LogP contribution in [0.25, 0.3) is 0 Å². The molecular weight excluding hydrogens is 238 g/mol. The summed E-state index contributed by atoms with van der Waals surface area (Å²) in [7, 11) is 0. The lowest BCUT2D eigenvalue weighted by molar-refractivity contribution is 0.00695. The highest BCUT2D eigenvalue weighted by molar-refractivity contribution is 5.89. The van der Waals surface area contributed by atoms with Gasteiger partial charge >= 0.3 is 5.97 Å². The molecule has 1 saturated heterocycles. The molecule has 0 bridgehead atoms. The molecule has 3 heteroatoms. The van der Waals surface area contributed by atoms with Crippen molar-refractivity contribution in [2.24, 2.45) is 0 Å². The first-order valence-electron chi connectivity index (χ1n) is 6.92. The number of rotatable bonds is 2. The fourth-order valence-corrected chi connectivity index (χ4v) is 2.42. The molecule has 1 aromatic carbocycles. The summed E-state index contributed by atoms with van der Waals surface area (Å²) in [6.07, 6.45) is 1.16. The molecule has 1 fully saturated rings. The Balaban J connectivity index is 2.04. The Kier molecular flexibility index (Phi) is 3.95. The summed E-state index contributed by atoms with van der Waals surface area (Å²) in [6, 6.07) is 8.40. The summed E-state index contributed by atoms with van der Waals surface area (Å²) in [6.45, 7) is 8.86. The summed E-state index contributed by atoms with van der Waals surface area (Å²) in [4.78, 5) is 11.9. The van der Waals surface area contributed by atoms with Crippen LogP contribution in [-0.4, -0.2) is 24.2 Å². The van der Waals surface area contributed by atoms with Crippen molar-refractivity contribution in [3.05, 3.63) is 35.4 Å². The minimum absolute atomic E-state index is 0.253. The number of hydrogen-bond acceptors (Lipinski definition) is 3. The highest BCUT2D eigenvalue weighted by atomic mass is 16.6. The standard InChI is InChI=1S/C16H23NO2/c1-11-9-14(10-17-11)12-5-7-13(8-6-12)15(18)19-16(2,3)4/h5-8,11,14,17H,9-10H2,1-4H3/t11-,14+/m0/s1. The molecule has 0 saturated carbocycles. The molecule has 0 amide bonds. The average Bonchev–Trinajstić information content (AvgIpc) is 2.74. The van der Waals surface area contributed by atoms with Crippen LogP contribution in [0.1, 0.15) is 56.0 Å². The van der Waals surface area contributed by atoms with Crippen LogP contribution in [-0.2, 0) is 4.74 Å². The van der Waals surface area contributed by atoms with Crippen molar-refractivity contribution in [3.63, 3.8) is 0 Å². The van der Waals surface area contributed by atoms with Crippen molar-refractivity contribution < 1.29 is 9.53 Å². The molecule has 1 aliphatic heterocycles. The van der Waals surface area contributed by atoms with Gasteiger partial charge in [-0.05, 0) is 57.7 Å². The largest absolute Gasteiger partial charge is 0.456 e. The monoisotopic (exact) mass is 261 g/mol. The fraction of sp³-hybridized carbons (Fsp3) is 0.562. The van der Waals surface area contributed by atoms with Crippen LogP contribution in [0.2, 0.25) is 0 Å². The quantitative estimate of drug-likeness (QED) is 0.831. The molecule has 2 atom stereocenters. The second-order valence-electron chi connectivity index (χ2n) is 6.37. The van der Waals surface area contributed by atoms with Crippen LogP contribution in [0.3, 0.4) is 0 Å². The molecule has 0 aliphatic carbocycles. The van der Waals surface area contributed by atoms with Gasteiger partial charge in [-0.25, -0.2) is 4.79 Å². The lowest BCUT2D eigenvalue weighted by Gasteiger charge is -2.19. The number of ether oxygens (including phenoxy) is 1. The summed E-state index contributed by atoms with van der Waals surface area (Å²) < 4.78 is 5.35. The average molecular weight is 261 g/mol. The predicted octanol–water partition coefficient (Wildman–Crippen LogP) is 3.11. The molecule has 19 heavy (non-hydrogen) atoms. The van der Waals surface area contributed by atoms with E-state index in [4.69, 9.17) is 4.74 Å². The Bertz CT molecular complexity index is 445. The smallest absolute Gasteiger partial charge is 0.338 e. The topological polar surface area (TPSA) is 38.3 Å². The van der Waals surface area contributed by atoms with Gasteiger partial charge in [0.15, 0.2) is 0 Å². The highest BCUT2D eigenvalue weighted by Gasteiger charge is 2.23. The Morgan fingerprint density at radius 1 is 1.26 bits per heavy atom. The minimum atomic E-state index is -0.444. The van der Waals surface area contributed by atoms with Crippen molar-refractivity contribution in [2.75, 3.05) is 6.54 Å². The summed E-state index contributed by atoms with van der Waals surface area (Å²) in [5, 5.41) is 3.44. The van der Waals surface area contributed by atoms with E-state index in [2.05, 4.69) is 12.2 Å². The van der Waals surface area contributed by atoms with E-state index in [1.54, 1.807) is 0 Å². The van der Waals surface area contributed by atoms with E-state index in [0.29, 0.717) is 17.5 Å². The molecule has 1 aliphatic rings. The van der Waals surface area contributed by atoms with Crippen molar-refractivity contribution in [1.29, 1.82) is 0 Å². The van der Waals surface area contributed by atoms with Gasteiger partial charge in [-0.15, -0.1) is 0 Å². The Morgan fingerprint density at radius 2 is 1.89 bits per heavy atom. The number of benzene rings is 1. The Morgan fingerprint density at radius 3 is 2.37 bits per heavy atom. The van der Waals surface area contributed by atoms with Crippen LogP contribution in [0.15, 0.2) is 24.3 Å². The van der Waals surface area contributed by atoms with E-state index < -0.39 is 5.60 Å². The normalized spacial score (nSPS) is 23.4. The van der Waals surface area contributed by atoms with Crippen LogP contribution in [0.4, 0.5) is 0 Å². The van der Waals surface area contributed by atoms with Gasteiger partial charge in [0, 0.05) is 12.6 Å². The number of carbonyl (C=O) groups is 1. The second-order valence-corrected chi connectivity index (χ2v) is 6.37. The third kappa shape index (κ3) is 3.80. The predicted molar refractivity (Wildman–Crippen MR) is 76.4 cm³/mol. The van der Waals surface area contributed by atoms with Crippen molar-refractivity contribution in [3.8, 4) is 0 Å². The van der Waals surface area contributed by atoms with E-state index in [9.17, 15) is 4.79 Å². The van der Waals surface area contributed by atoms with Crippen LogP contribution in [0, 0.1) is 0 Å². The van der Waals surface area contributed by atoms with Gasteiger partial charge in [0.05, 0.1) is 5.56 Å². The van der Waals surface area contributed by atoms with Crippen LogP contribution < -0.4 is 5.32 Å². The maximum atomic E-state index is 11.9. The fourth-order valence-electron chi connectivity index (χ4n) is 2.42. The van der Waals surface area contributed by atoms with Crippen LogP contribution >= 0.6 is 0 Å². The zero-order chi connectivity index (χ0) is 14.0. The molecule has 0 spiro atoms. The van der Waals surface area contributed by atoms with Gasteiger partial charge < -0.3 is 10.1 Å².